The molecule has 3 aromatic carbocycles. The van der Waals surface area contributed by atoms with Crippen LogP contribution in [0, 0.1) is 0 Å². The van der Waals surface area contributed by atoms with E-state index in [9.17, 15) is 18.0 Å². The first-order chi connectivity index (χ1) is 16.3. The van der Waals surface area contributed by atoms with E-state index in [0.717, 1.165) is 6.54 Å². The average Bonchev–Trinajstić information content (AvgIpc) is 2.85. The summed E-state index contributed by atoms with van der Waals surface area (Å²) in [5.74, 6) is -0.475. The standard InChI is InChI=1S/C26H27N3O4S/c1-20(30)22-10-12-24(13-11-22)27-26(31)23-8-5-9-25(18-23)34(32,33)29-16-14-28(15-17-29)19-21-6-3-2-4-7-21/h2-13,18H,14-17,19H2,1H3,(H,27,31). The molecule has 0 radical (unpaired) electrons. The first kappa shape index (κ1) is 23.8. The number of ketones is 1. The van der Waals surface area contributed by atoms with Crippen LogP contribution in [0.15, 0.2) is 83.8 Å². The van der Waals surface area contributed by atoms with E-state index >= 15 is 0 Å². The molecule has 0 saturated carbocycles. The van der Waals surface area contributed by atoms with Crippen molar-refractivity contribution in [2.75, 3.05) is 31.5 Å². The van der Waals surface area contributed by atoms with Gasteiger partial charge in [-0.15, -0.1) is 0 Å². The summed E-state index contributed by atoms with van der Waals surface area (Å²) < 4.78 is 27.9. The molecule has 1 aliphatic rings. The molecule has 0 spiro atoms. The molecule has 1 saturated heterocycles. The molecule has 176 valence electrons. The lowest BCUT2D eigenvalue weighted by Gasteiger charge is -2.34. The summed E-state index contributed by atoms with van der Waals surface area (Å²) >= 11 is 0. The van der Waals surface area contributed by atoms with Gasteiger partial charge in [0, 0.05) is 49.5 Å². The molecule has 1 amide bonds. The Balaban J connectivity index is 1.41. The number of anilines is 1. The Kier molecular flexibility index (Phi) is 7.21. The highest BCUT2D eigenvalue weighted by atomic mass is 32.2. The molecule has 0 atom stereocenters. The molecule has 1 N–H and O–H groups in total. The zero-order chi connectivity index (χ0) is 24.1. The summed E-state index contributed by atoms with van der Waals surface area (Å²) in [6.07, 6.45) is 0. The number of Topliss-reactive ketones (excluding diaryl/α,β-unsaturated/α-hetero) is 1. The van der Waals surface area contributed by atoms with E-state index in [2.05, 4.69) is 22.3 Å². The zero-order valence-electron chi connectivity index (χ0n) is 19.0. The van der Waals surface area contributed by atoms with E-state index < -0.39 is 15.9 Å². The zero-order valence-corrected chi connectivity index (χ0v) is 19.8. The van der Waals surface area contributed by atoms with Gasteiger partial charge in [0.05, 0.1) is 4.90 Å². The first-order valence-electron chi connectivity index (χ1n) is 11.1. The van der Waals surface area contributed by atoms with Crippen LogP contribution in [0.3, 0.4) is 0 Å². The highest BCUT2D eigenvalue weighted by molar-refractivity contribution is 7.89. The number of amides is 1. The van der Waals surface area contributed by atoms with Crippen LogP contribution in [0.25, 0.3) is 0 Å². The van der Waals surface area contributed by atoms with Gasteiger partial charge in [-0.3, -0.25) is 14.5 Å². The van der Waals surface area contributed by atoms with E-state index in [1.54, 1.807) is 36.4 Å². The van der Waals surface area contributed by atoms with Crippen molar-refractivity contribution in [3.63, 3.8) is 0 Å². The molecule has 0 bridgehead atoms. The van der Waals surface area contributed by atoms with Crippen molar-refractivity contribution < 1.29 is 18.0 Å². The van der Waals surface area contributed by atoms with Crippen molar-refractivity contribution in [3.05, 3.63) is 95.6 Å². The molecule has 34 heavy (non-hydrogen) atoms. The maximum Gasteiger partial charge on any atom is 0.255 e. The number of carbonyl (C=O) groups is 2. The maximum absolute atomic E-state index is 13.2. The fourth-order valence-electron chi connectivity index (χ4n) is 3.91. The molecule has 8 heteroatoms. The maximum atomic E-state index is 13.2. The number of nitrogens with zero attached hydrogens (tertiary/aromatic N) is 2. The van der Waals surface area contributed by atoms with Crippen LogP contribution in [0.1, 0.15) is 33.2 Å². The number of benzene rings is 3. The molecule has 0 aliphatic carbocycles. The summed E-state index contributed by atoms with van der Waals surface area (Å²) in [6.45, 7) is 4.34. The number of rotatable bonds is 7. The second kappa shape index (κ2) is 10.3. The molecule has 0 unspecified atom stereocenters. The van der Waals surface area contributed by atoms with Gasteiger partial charge in [-0.25, -0.2) is 8.42 Å². The number of hydrogen-bond acceptors (Lipinski definition) is 5. The second-order valence-electron chi connectivity index (χ2n) is 8.28. The molecular formula is C26H27N3O4S. The number of nitrogens with one attached hydrogen (secondary N) is 1. The van der Waals surface area contributed by atoms with Gasteiger partial charge < -0.3 is 5.32 Å². The summed E-state index contributed by atoms with van der Waals surface area (Å²) in [4.78, 5) is 26.5. The Morgan fingerprint density at radius 3 is 2.15 bits per heavy atom. The minimum Gasteiger partial charge on any atom is -0.322 e. The van der Waals surface area contributed by atoms with E-state index in [-0.39, 0.29) is 16.2 Å². The summed E-state index contributed by atoms with van der Waals surface area (Å²) in [7, 11) is -3.71. The van der Waals surface area contributed by atoms with Gasteiger partial charge in [-0.2, -0.15) is 4.31 Å². The van der Waals surface area contributed by atoms with Crippen LogP contribution in [-0.4, -0.2) is 55.5 Å². The molecule has 3 aromatic rings. The van der Waals surface area contributed by atoms with Gasteiger partial charge in [0.1, 0.15) is 0 Å². The number of sulfonamides is 1. The molecule has 1 fully saturated rings. The van der Waals surface area contributed by atoms with E-state index in [4.69, 9.17) is 0 Å². The van der Waals surface area contributed by atoms with E-state index in [1.165, 1.54) is 28.9 Å². The lowest BCUT2D eigenvalue weighted by Crippen LogP contribution is -2.48. The Morgan fingerprint density at radius 2 is 1.50 bits per heavy atom. The van der Waals surface area contributed by atoms with Crippen LogP contribution >= 0.6 is 0 Å². The van der Waals surface area contributed by atoms with Crippen LogP contribution < -0.4 is 5.32 Å². The summed E-state index contributed by atoms with van der Waals surface area (Å²) in [5.41, 5.74) is 2.53. The fourth-order valence-corrected chi connectivity index (χ4v) is 5.38. The van der Waals surface area contributed by atoms with Gasteiger partial charge in [-0.05, 0) is 55.0 Å². The molecular weight excluding hydrogens is 450 g/mol. The highest BCUT2D eigenvalue weighted by Crippen LogP contribution is 2.21. The van der Waals surface area contributed by atoms with Crippen LogP contribution in [0.4, 0.5) is 5.69 Å². The average molecular weight is 478 g/mol. The summed E-state index contributed by atoms with van der Waals surface area (Å²) in [5, 5.41) is 2.75. The van der Waals surface area contributed by atoms with Crippen molar-refractivity contribution in [1.29, 1.82) is 0 Å². The van der Waals surface area contributed by atoms with Gasteiger partial charge in [0.15, 0.2) is 5.78 Å². The van der Waals surface area contributed by atoms with Crippen LogP contribution in [-0.2, 0) is 16.6 Å². The monoisotopic (exact) mass is 477 g/mol. The Hall–Kier alpha value is -3.33. The highest BCUT2D eigenvalue weighted by Gasteiger charge is 2.29. The van der Waals surface area contributed by atoms with Gasteiger partial charge >= 0.3 is 0 Å². The van der Waals surface area contributed by atoms with Crippen molar-refractivity contribution in [1.82, 2.24) is 9.21 Å². The lowest BCUT2D eigenvalue weighted by atomic mass is 10.1. The predicted molar refractivity (Wildman–Crippen MR) is 131 cm³/mol. The smallest absolute Gasteiger partial charge is 0.255 e. The Labute approximate surface area is 200 Å². The molecule has 7 nitrogen and oxygen atoms in total. The van der Waals surface area contributed by atoms with Gasteiger partial charge in [0.2, 0.25) is 10.0 Å². The molecule has 1 aliphatic heterocycles. The lowest BCUT2D eigenvalue weighted by molar-refractivity contribution is 0.101. The molecule has 1 heterocycles. The topological polar surface area (TPSA) is 86.8 Å². The Bertz CT molecular complexity index is 1270. The predicted octanol–water partition coefficient (Wildman–Crippen LogP) is 3.65. The van der Waals surface area contributed by atoms with Gasteiger partial charge in [-0.1, -0.05) is 36.4 Å². The third-order valence-corrected chi connectivity index (χ3v) is 7.76. The minimum absolute atomic E-state index is 0.0586. The molecule has 0 aromatic heterocycles. The fraction of sp³-hybridized carbons (Fsp3) is 0.231. The van der Waals surface area contributed by atoms with Crippen molar-refractivity contribution >= 4 is 27.4 Å². The number of piperazine rings is 1. The quantitative estimate of drug-likeness (QED) is 0.525. The van der Waals surface area contributed by atoms with E-state index in [1.807, 2.05) is 18.2 Å². The Morgan fingerprint density at radius 1 is 0.824 bits per heavy atom. The van der Waals surface area contributed by atoms with Gasteiger partial charge in [0.25, 0.3) is 5.91 Å². The van der Waals surface area contributed by atoms with Crippen molar-refractivity contribution in [2.45, 2.75) is 18.4 Å². The third-order valence-electron chi connectivity index (χ3n) is 5.86. The third kappa shape index (κ3) is 5.59. The van der Waals surface area contributed by atoms with Crippen LogP contribution in [0.5, 0.6) is 0 Å². The SMILES string of the molecule is CC(=O)c1ccc(NC(=O)c2cccc(S(=O)(=O)N3CCN(Cc4ccccc4)CC3)c2)cc1. The van der Waals surface area contributed by atoms with Crippen LogP contribution in [0.2, 0.25) is 0 Å². The minimum atomic E-state index is -3.71. The number of hydrogen-bond donors (Lipinski definition) is 1. The van der Waals surface area contributed by atoms with Crippen molar-refractivity contribution in [2.24, 2.45) is 0 Å². The normalized spacial score (nSPS) is 15.1. The molecule has 4 rings (SSSR count). The van der Waals surface area contributed by atoms with E-state index in [0.29, 0.717) is 37.4 Å². The largest absolute Gasteiger partial charge is 0.322 e. The number of carbonyl (C=O) groups excluding carboxylic acids is 2. The van der Waals surface area contributed by atoms with Crippen molar-refractivity contribution in [3.8, 4) is 0 Å². The summed E-state index contributed by atoms with van der Waals surface area (Å²) in [6, 6.07) is 22.8. The first-order valence-corrected chi connectivity index (χ1v) is 12.6. The second-order valence-corrected chi connectivity index (χ2v) is 10.2.